The van der Waals surface area contributed by atoms with E-state index in [1.54, 1.807) is 54.6 Å². The largest absolute Gasteiger partial charge is 0.468 e. The number of nitrogens with one attached hydrogen (secondary N) is 4. The van der Waals surface area contributed by atoms with Gasteiger partial charge >= 0.3 is 37.2 Å². The molecule has 0 bridgehead atoms. The van der Waals surface area contributed by atoms with E-state index >= 15 is 0 Å². The molecule has 2 aliphatic heterocycles. The van der Waals surface area contributed by atoms with Crippen molar-refractivity contribution in [3.05, 3.63) is 158 Å². The number of hydrogen-bond donors (Lipinski definition) is 5. The lowest BCUT2D eigenvalue weighted by Crippen LogP contribution is -2.44. The highest BCUT2D eigenvalue weighted by atomic mass is 31.2. The third kappa shape index (κ3) is 14.8. The Hall–Kier alpha value is -7.34. The van der Waals surface area contributed by atoms with E-state index in [0.717, 1.165) is 22.8 Å². The van der Waals surface area contributed by atoms with Crippen LogP contribution in [0.2, 0.25) is 0 Å². The zero-order valence-corrected chi connectivity index (χ0v) is 38.4. The summed E-state index contributed by atoms with van der Waals surface area (Å²) in [6.07, 6.45) is -1.36. The van der Waals surface area contributed by atoms with Crippen molar-refractivity contribution in [1.29, 1.82) is 0 Å². The van der Waals surface area contributed by atoms with E-state index in [-0.39, 0.29) is 37.9 Å². The molecular weight excluding hydrogens is 931 g/mol. The molecule has 2 aromatic heterocycles. The molecule has 2 aliphatic rings. The first-order valence-electron chi connectivity index (χ1n) is 20.9. The second kappa shape index (κ2) is 24.6. The smallest absolute Gasteiger partial charge is 0.407 e. The Labute approximate surface area is 390 Å². The zero-order valence-electron chi connectivity index (χ0n) is 37.5. The molecule has 5 N–H and O–H groups in total. The Morgan fingerprint density at radius 2 is 1.20 bits per heavy atom. The van der Waals surface area contributed by atoms with E-state index in [0.29, 0.717) is 5.56 Å². The second-order valence-corrected chi connectivity index (χ2v) is 17.0. The standard InChI is InChI=1S/C21H24N6O7.C20H25N6O8P/c1-12-10-27(20(30)24-18(12)28)17-9-14(25-26-22)16(34-17)11-33-21(31)23-15(19(29)32-2)8-13-6-4-3-5-7-13;1-12-10-26(20(29)22-18(12)27)17-9-14(23-25-21)16(34-17)11-33-35(30,31)24-15(19(28)32-2)8-13-6-4-3-5-7-13/h3-7,10,14-17H,8-9,11H2,1-2H3,(H,23,31)(H,24,28,30);3-7,10,14-17H,8-9,11H2,1-2H3,(H,22,27,29)(H2,24,30,31)/t2*14-,15-,16+,17+/m00/s1. The lowest BCUT2D eigenvalue weighted by molar-refractivity contribution is -0.143. The molecule has 2 saturated heterocycles. The van der Waals surface area contributed by atoms with E-state index in [2.05, 4.69) is 40.4 Å². The number of aryl methyl sites for hydroxylation is 2. The summed E-state index contributed by atoms with van der Waals surface area (Å²) in [6.45, 7) is 2.25. The zero-order chi connectivity index (χ0) is 50.3. The van der Waals surface area contributed by atoms with Gasteiger partial charge in [0, 0.05) is 52.6 Å². The lowest BCUT2D eigenvalue weighted by Gasteiger charge is -2.22. The number of aromatic amines is 2. The maximum atomic E-state index is 12.7. The third-order valence-corrected chi connectivity index (χ3v) is 11.8. The molecule has 0 radical (unpaired) electrons. The minimum Gasteiger partial charge on any atom is -0.468 e. The quantitative estimate of drug-likeness (QED) is 0.0239. The molecule has 368 valence electrons. The van der Waals surface area contributed by atoms with Gasteiger partial charge in [-0.1, -0.05) is 70.9 Å². The van der Waals surface area contributed by atoms with Crippen molar-refractivity contribution in [1.82, 2.24) is 29.5 Å². The van der Waals surface area contributed by atoms with Gasteiger partial charge in [0.1, 0.15) is 37.3 Å². The van der Waals surface area contributed by atoms with Crippen LogP contribution in [-0.4, -0.2) is 106 Å². The van der Waals surface area contributed by atoms with Crippen molar-refractivity contribution in [3.8, 4) is 0 Å². The Kier molecular flexibility index (Phi) is 18.8. The van der Waals surface area contributed by atoms with Crippen LogP contribution < -0.4 is 32.9 Å². The van der Waals surface area contributed by atoms with Gasteiger partial charge in [-0.2, -0.15) is 0 Å². The first-order valence-corrected chi connectivity index (χ1v) is 22.5. The van der Waals surface area contributed by atoms with Gasteiger partial charge in [-0.05, 0) is 42.5 Å². The molecule has 2 aromatic carbocycles. The molecular formula is C41H49N12O15P. The lowest BCUT2D eigenvalue weighted by atomic mass is 10.1. The number of hydrogen-bond acceptors (Lipinski definition) is 16. The Bertz CT molecular complexity index is 2830. The average molecular weight is 981 g/mol. The van der Waals surface area contributed by atoms with Crippen LogP contribution in [0.15, 0.2) is 102 Å². The van der Waals surface area contributed by atoms with Crippen LogP contribution in [0, 0.1) is 13.8 Å². The molecule has 69 heavy (non-hydrogen) atoms. The van der Waals surface area contributed by atoms with E-state index in [9.17, 15) is 43.0 Å². The summed E-state index contributed by atoms with van der Waals surface area (Å²) in [6, 6.07) is 14.2. The third-order valence-electron chi connectivity index (χ3n) is 10.7. The van der Waals surface area contributed by atoms with Crippen LogP contribution in [0.4, 0.5) is 4.79 Å². The monoisotopic (exact) mass is 980 g/mol. The normalized spacial score (nSPS) is 21.1. The van der Waals surface area contributed by atoms with Gasteiger partial charge in [-0.3, -0.25) is 38.0 Å². The fourth-order valence-corrected chi connectivity index (χ4v) is 8.17. The summed E-state index contributed by atoms with van der Waals surface area (Å²) in [5.74, 6) is -1.40. The highest BCUT2D eigenvalue weighted by Crippen LogP contribution is 2.40. The number of carbonyl (C=O) groups is 3. The number of nitrogens with zero attached hydrogens (tertiary/aromatic N) is 8. The number of azide groups is 2. The van der Waals surface area contributed by atoms with Gasteiger partial charge in [-0.25, -0.2) is 28.8 Å². The van der Waals surface area contributed by atoms with E-state index < -0.39 is 104 Å². The van der Waals surface area contributed by atoms with Crippen molar-refractivity contribution in [3.63, 3.8) is 0 Å². The average Bonchev–Trinajstić information content (AvgIpc) is 3.93. The van der Waals surface area contributed by atoms with Gasteiger partial charge in [0.2, 0.25) is 0 Å². The maximum Gasteiger partial charge on any atom is 0.407 e. The van der Waals surface area contributed by atoms with Crippen LogP contribution in [0.5, 0.6) is 0 Å². The molecule has 4 aromatic rings. The topological polar surface area (TPSA) is 375 Å². The van der Waals surface area contributed by atoms with Gasteiger partial charge < -0.3 is 33.9 Å². The van der Waals surface area contributed by atoms with Gasteiger partial charge in [0.05, 0.1) is 39.0 Å². The summed E-state index contributed by atoms with van der Waals surface area (Å²) in [4.78, 5) is 104. The van der Waals surface area contributed by atoms with Gasteiger partial charge in [0.15, 0.2) is 0 Å². The van der Waals surface area contributed by atoms with Crippen molar-refractivity contribution in [2.24, 2.45) is 10.2 Å². The Morgan fingerprint density at radius 3 is 1.65 bits per heavy atom. The summed E-state index contributed by atoms with van der Waals surface area (Å²) in [5.41, 5.74) is 17.4. The highest BCUT2D eigenvalue weighted by molar-refractivity contribution is 7.50. The number of H-pyrrole nitrogens is 2. The maximum absolute atomic E-state index is 12.7. The van der Waals surface area contributed by atoms with E-state index in [4.69, 9.17) is 39.3 Å². The number of aromatic nitrogens is 4. The van der Waals surface area contributed by atoms with E-state index in [1.165, 1.54) is 37.9 Å². The van der Waals surface area contributed by atoms with Crippen molar-refractivity contribution in [2.75, 3.05) is 27.4 Å². The number of esters is 2. The Balaban J connectivity index is 0.000000258. The minimum absolute atomic E-state index is 0.0609. The highest BCUT2D eigenvalue weighted by Gasteiger charge is 2.40. The SMILES string of the molecule is COC(=O)[C@H](Cc1ccccc1)NC(=O)OC[C@H]1O[C@@H](n2cc(C)c(=O)[nH]c2=O)C[C@@H]1N=[N+]=[N-].COC(=O)[C@H](Cc1ccccc1)NP(=O)(O)OC[C@H]1O[C@@H](n2cc(C)c(=O)[nH]c2=O)C[C@@H]1N=[N+]=[N-]. The molecule has 9 atom stereocenters. The van der Waals surface area contributed by atoms with Crippen molar-refractivity contribution >= 4 is 25.8 Å². The molecule has 1 unspecified atom stereocenters. The molecule has 0 aliphatic carbocycles. The number of alkyl carbamates (subject to hydrolysis) is 1. The number of benzene rings is 2. The predicted molar refractivity (Wildman–Crippen MR) is 240 cm³/mol. The summed E-state index contributed by atoms with van der Waals surface area (Å²) < 4.78 is 46.4. The van der Waals surface area contributed by atoms with Crippen LogP contribution >= 0.6 is 7.75 Å². The molecule has 4 heterocycles. The molecule has 6 rings (SSSR count). The molecule has 28 heteroatoms. The van der Waals surface area contributed by atoms with Crippen LogP contribution in [0.3, 0.4) is 0 Å². The second-order valence-electron chi connectivity index (χ2n) is 15.5. The number of carbonyl (C=O) groups excluding carboxylic acids is 3. The minimum atomic E-state index is -4.55. The molecule has 0 spiro atoms. The summed E-state index contributed by atoms with van der Waals surface area (Å²) >= 11 is 0. The van der Waals surface area contributed by atoms with Crippen LogP contribution in [0.25, 0.3) is 20.9 Å². The van der Waals surface area contributed by atoms with Crippen molar-refractivity contribution < 1.29 is 52.1 Å². The fraction of sp³-hybridized carbons (Fsp3) is 0.439. The van der Waals surface area contributed by atoms with Crippen LogP contribution in [-0.2, 0) is 55.2 Å². The van der Waals surface area contributed by atoms with Crippen molar-refractivity contribution in [2.45, 2.75) is 88.4 Å². The van der Waals surface area contributed by atoms with Gasteiger partial charge in [-0.15, -0.1) is 0 Å². The summed E-state index contributed by atoms with van der Waals surface area (Å²) in [5, 5.41) is 12.1. The Morgan fingerprint density at radius 1 is 0.768 bits per heavy atom. The first-order chi connectivity index (χ1) is 32.9. The van der Waals surface area contributed by atoms with Crippen LogP contribution in [0.1, 0.15) is 47.6 Å². The number of methoxy groups -OCH3 is 2. The fourth-order valence-electron chi connectivity index (χ4n) is 7.16. The predicted octanol–water partition coefficient (Wildman–Crippen LogP) is 2.62. The van der Waals surface area contributed by atoms with E-state index in [1.807, 2.05) is 6.07 Å². The first kappa shape index (κ1) is 52.6. The molecule has 27 nitrogen and oxygen atoms in total. The molecule has 1 amide bonds. The molecule has 2 fully saturated rings. The molecule has 0 saturated carbocycles. The number of rotatable bonds is 18. The number of ether oxygens (including phenoxy) is 5. The summed E-state index contributed by atoms with van der Waals surface area (Å²) in [7, 11) is -2.18. The number of amides is 1. The van der Waals surface area contributed by atoms with Gasteiger partial charge in [0.25, 0.3) is 11.1 Å².